The number of hydrogen-bond donors (Lipinski definition) is 1. The zero-order valence-corrected chi connectivity index (χ0v) is 31.4. The van der Waals surface area contributed by atoms with Crippen LogP contribution in [0.15, 0.2) is 36.5 Å². The number of halogens is 4. The molecule has 0 radical (unpaired) electrons. The van der Waals surface area contributed by atoms with E-state index in [2.05, 4.69) is 31.1 Å². The molecule has 2 fully saturated rings. The maximum Gasteiger partial charge on any atom is 0.291 e. The Morgan fingerprint density at radius 3 is 2.31 bits per heavy atom. The van der Waals surface area contributed by atoms with Crippen LogP contribution in [0, 0.1) is 17.6 Å². The molecule has 0 spiro atoms. The molecule has 2 aliphatic rings. The first-order valence-corrected chi connectivity index (χ1v) is 17.8. The van der Waals surface area contributed by atoms with Gasteiger partial charge >= 0.3 is 0 Å². The third-order valence-electron chi connectivity index (χ3n) is 9.80. The molecule has 0 saturated carbocycles. The monoisotopic (exact) mass is 792 g/mol. The second kappa shape index (κ2) is 16.2. The largest absolute Gasteiger partial charge is 0.494 e. The van der Waals surface area contributed by atoms with Crippen LogP contribution in [0.25, 0.3) is 11.3 Å². The second-order valence-corrected chi connectivity index (χ2v) is 14.6. The van der Waals surface area contributed by atoms with Crippen molar-refractivity contribution in [3.63, 3.8) is 0 Å². The van der Waals surface area contributed by atoms with Crippen molar-refractivity contribution in [2.24, 2.45) is 13.0 Å². The number of carbonyl (C=O) groups excluding carboxylic acids is 4. The lowest BCUT2D eigenvalue weighted by atomic mass is 9.93. The minimum absolute atomic E-state index is 0.0194. The average molecular weight is 794 g/mol. The molecule has 12 nitrogen and oxygen atoms in total. The van der Waals surface area contributed by atoms with Crippen LogP contribution < -0.4 is 10.1 Å². The van der Waals surface area contributed by atoms with Crippen LogP contribution in [0.1, 0.15) is 33.8 Å². The number of likely N-dealkylation sites (N-methyl/N-ethyl adjacent to an activating group) is 1. The van der Waals surface area contributed by atoms with Gasteiger partial charge in [0.25, 0.3) is 16.5 Å². The lowest BCUT2D eigenvalue weighted by Gasteiger charge is -2.44. The minimum atomic E-state index is -1.15. The van der Waals surface area contributed by atoms with E-state index in [1.807, 2.05) is 19.0 Å². The maximum absolute atomic E-state index is 14.7. The molecule has 0 unspecified atom stereocenters. The summed E-state index contributed by atoms with van der Waals surface area (Å²) in [4.78, 5) is 61.6. The van der Waals surface area contributed by atoms with Crippen molar-refractivity contribution >= 4 is 55.6 Å². The number of methoxy groups -OCH3 is 1. The number of aromatic nitrogens is 2. The molecule has 2 saturated heterocycles. The molecule has 3 aromatic rings. The van der Waals surface area contributed by atoms with Crippen LogP contribution in [-0.2, 0) is 16.6 Å². The van der Waals surface area contributed by atoms with Gasteiger partial charge in [0.15, 0.2) is 17.4 Å². The third-order valence-corrected chi connectivity index (χ3v) is 10.4. The molecule has 51 heavy (non-hydrogen) atoms. The second-order valence-electron chi connectivity index (χ2n) is 13.3. The molecule has 2 aromatic carbocycles. The number of carbonyl (C=O) groups is 4. The van der Waals surface area contributed by atoms with E-state index in [9.17, 15) is 28.0 Å². The fraction of sp³-hybridized carbons (Fsp3) is 0.457. The summed E-state index contributed by atoms with van der Waals surface area (Å²) in [5, 5.41) is 2.82. The van der Waals surface area contributed by atoms with Gasteiger partial charge in [0, 0.05) is 69.8 Å². The topological polar surface area (TPSA) is 117 Å². The molecule has 16 heteroatoms. The number of anilines is 1. The van der Waals surface area contributed by atoms with Gasteiger partial charge in [-0.3, -0.25) is 19.2 Å². The summed E-state index contributed by atoms with van der Waals surface area (Å²) in [6.45, 7) is 5.18. The van der Waals surface area contributed by atoms with Gasteiger partial charge < -0.3 is 33.8 Å². The lowest BCUT2D eigenvalue weighted by Crippen LogP contribution is -2.59. The zero-order chi connectivity index (χ0) is 37.0. The molecule has 1 N–H and O–H groups in total. The Morgan fingerprint density at radius 1 is 1.04 bits per heavy atom. The van der Waals surface area contributed by atoms with E-state index in [0.717, 1.165) is 26.2 Å². The number of rotatable bonds is 11. The predicted octanol–water partition coefficient (Wildman–Crippen LogP) is 4.27. The molecular weight excluding hydrogens is 752 g/mol. The molecule has 1 aromatic heterocycles. The fourth-order valence-corrected chi connectivity index (χ4v) is 7.56. The standard InChI is InChI=1S/C35H41BrClF2N7O5/c1-42(2)15-18-46(21-29(36)47)16-9-22(10-17-46)34(49)44-11-13-45(14-12-44)35(50)24-6-5-23(19-26(24)37)41-33(48)32-40-20-27(43(32)3)25-7-8-28(51-4)31(39)30(25)38/h5-8,19-20,22H,9-18,21H2,1-4H3/p+1. The number of nitrogens with one attached hydrogen (secondary N) is 1. The Labute approximate surface area is 309 Å². The first kappa shape index (κ1) is 38.3. The number of amides is 3. The van der Waals surface area contributed by atoms with E-state index in [0.29, 0.717) is 55.7 Å². The Morgan fingerprint density at radius 2 is 1.71 bits per heavy atom. The maximum atomic E-state index is 14.7. The van der Waals surface area contributed by atoms with Gasteiger partial charge in [0.05, 0.1) is 49.2 Å². The van der Waals surface area contributed by atoms with Crippen molar-refractivity contribution in [1.82, 2.24) is 24.3 Å². The SMILES string of the molecule is COc1ccc(-c2cnc(C(=O)Nc3ccc(C(=O)N4CCN(C(=O)C5CC[N+](CCN(C)C)(CC(=O)Br)CC5)CC4)c(Cl)c3)n2C)c(F)c1F. The highest BCUT2D eigenvalue weighted by molar-refractivity contribution is 9.18. The van der Waals surface area contributed by atoms with Gasteiger partial charge in [-0.1, -0.05) is 11.6 Å². The number of piperazine rings is 1. The molecule has 3 amide bonds. The van der Waals surface area contributed by atoms with Crippen LogP contribution in [0.2, 0.25) is 5.02 Å². The Hall–Kier alpha value is -3.92. The van der Waals surface area contributed by atoms with Crippen LogP contribution in [0.5, 0.6) is 5.75 Å². The summed E-state index contributed by atoms with van der Waals surface area (Å²) in [6.07, 6.45) is 2.70. The quantitative estimate of drug-likeness (QED) is 0.228. The van der Waals surface area contributed by atoms with E-state index >= 15 is 0 Å². The highest BCUT2D eigenvalue weighted by atomic mass is 79.9. The number of hydrogen-bond acceptors (Lipinski definition) is 7. The fourth-order valence-electron chi connectivity index (χ4n) is 6.77. The third kappa shape index (κ3) is 8.59. The molecule has 0 aliphatic carbocycles. The highest BCUT2D eigenvalue weighted by Gasteiger charge is 2.39. The van der Waals surface area contributed by atoms with Gasteiger partial charge in [-0.25, -0.2) is 9.37 Å². The van der Waals surface area contributed by atoms with Gasteiger partial charge in [-0.2, -0.15) is 4.39 Å². The van der Waals surface area contributed by atoms with Crippen LogP contribution in [0.4, 0.5) is 14.5 Å². The van der Waals surface area contributed by atoms with Crippen molar-refractivity contribution in [1.29, 1.82) is 0 Å². The summed E-state index contributed by atoms with van der Waals surface area (Å²) in [5.41, 5.74) is 0.652. The van der Waals surface area contributed by atoms with Crippen LogP contribution in [-0.4, -0.2) is 131 Å². The summed E-state index contributed by atoms with van der Waals surface area (Å²) < 4.78 is 35.8. The molecule has 5 rings (SSSR count). The molecule has 274 valence electrons. The molecule has 0 atom stereocenters. The number of benzene rings is 2. The highest BCUT2D eigenvalue weighted by Crippen LogP contribution is 2.31. The normalized spacial score (nSPS) is 19.3. The summed E-state index contributed by atoms with van der Waals surface area (Å²) in [7, 11) is 6.76. The predicted molar refractivity (Wildman–Crippen MR) is 192 cm³/mol. The van der Waals surface area contributed by atoms with E-state index in [1.165, 1.54) is 49.2 Å². The summed E-state index contributed by atoms with van der Waals surface area (Å²) >= 11 is 9.63. The van der Waals surface area contributed by atoms with Gasteiger partial charge in [-0.05, 0) is 60.4 Å². The summed E-state index contributed by atoms with van der Waals surface area (Å²) in [5.74, 6) is -3.50. The average Bonchev–Trinajstić information content (AvgIpc) is 3.49. The van der Waals surface area contributed by atoms with Crippen molar-refractivity contribution in [2.45, 2.75) is 12.8 Å². The molecule has 2 aliphatic heterocycles. The Balaban J connectivity index is 1.16. The smallest absolute Gasteiger partial charge is 0.291 e. The first-order chi connectivity index (χ1) is 24.2. The van der Waals surface area contributed by atoms with E-state index in [1.54, 1.807) is 11.0 Å². The number of imidazole rings is 1. The van der Waals surface area contributed by atoms with Crippen molar-refractivity contribution in [3.05, 3.63) is 64.6 Å². The molecule has 3 heterocycles. The van der Waals surface area contributed by atoms with Crippen molar-refractivity contribution in [2.75, 3.05) is 85.4 Å². The molecule has 0 bridgehead atoms. The van der Waals surface area contributed by atoms with E-state index in [-0.39, 0.29) is 55.8 Å². The Kier molecular flexibility index (Phi) is 12.2. The van der Waals surface area contributed by atoms with Gasteiger partial charge in [0.2, 0.25) is 11.7 Å². The van der Waals surface area contributed by atoms with Crippen LogP contribution >= 0.6 is 27.5 Å². The van der Waals surface area contributed by atoms with E-state index < -0.39 is 17.5 Å². The number of likely N-dealkylation sites (tertiary alicyclic amines) is 1. The first-order valence-electron chi connectivity index (χ1n) is 16.6. The zero-order valence-electron chi connectivity index (χ0n) is 29.1. The Bertz CT molecular complexity index is 1810. The lowest BCUT2D eigenvalue weighted by molar-refractivity contribution is -0.924. The number of quaternary nitrogens is 1. The number of piperidine rings is 1. The van der Waals surface area contributed by atoms with Crippen LogP contribution in [0.3, 0.4) is 0 Å². The summed E-state index contributed by atoms with van der Waals surface area (Å²) in [6, 6.07) is 7.15. The van der Waals surface area contributed by atoms with E-state index in [4.69, 9.17) is 16.3 Å². The van der Waals surface area contributed by atoms with Crippen molar-refractivity contribution in [3.8, 4) is 17.0 Å². The van der Waals surface area contributed by atoms with Crippen molar-refractivity contribution < 1.29 is 37.2 Å². The number of nitrogens with zero attached hydrogens (tertiary/aromatic N) is 6. The number of ether oxygens (including phenoxy) is 1. The van der Waals surface area contributed by atoms with Gasteiger partial charge in [-0.15, -0.1) is 0 Å². The minimum Gasteiger partial charge on any atom is -0.494 e. The molecular formula is C35H42BrClF2N7O5+. The van der Waals surface area contributed by atoms with Gasteiger partial charge in [0.1, 0.15) is 6.54 Å².